The van der Waals surface area contributed by atoms with E-state index in [1.54, 1.807) is 11.1 Å². The van der Waals surface area contributed by atoms with Gasteiger partial charge in [-0.05, 0) is 77.5 Å². The smallest absolute Gasteiger partial charge is 0.257 e. The summed E-state index contributed by atoms with van der Waals surface area (Å²) in [5.41, 5.74) is 2.57. The number of pyridine rings is 1. The molecule has 252 valence electrons. The van der Waals surface area contributed by atoms with Crippen LogP contribution in [0.2, 0.25) is 0 Å². The lowest BCUT2D eigenvalue weighted by atomic mass is 9.98. The van der Waals surface area contributed by atoms with Crippen molar-refractivity contribution < 1.29 is 18.7 Å². The van der Waals surface area contributed by atoms with Crippen LogP contribution in [0.1, 0.15) is 75.0 Å². The number of carbonyl (C=O) groups is 1. The van der Waals surface area contributed by atoms with E-state index in [9.17, 15) is 9.18 Å². The Kier molecular flexibility index (Phi) is 10.5. The number of amides is 1. The summed E-state index contributed by atoms with van der Waals surface area (Å²) in [4.78, 5) is 35.8. The van der Waals surface area contributed by atoms with Crippen LogP contribution in [0.5, 0.6) is 17.2 Å². The number of ether oxygens (including phenoxy) is 2. The third kappa shape index (κ3) is 7.51. The van der Waals surface area contributed by atoms with Gasteiger partial charge in [0.05, 0.1) is 11.8 Å². The first-order chi connectivity index (χ1) is 22.8. The molecule has 1 amide bonds. The number of rotatable bonds is 12. The highest BCUT2D eigenvalue weighted by Crippen LogP contribution is 2.35. The van der Waals surface area contributed by atoms with Gasteiger partial charge in [0.15, 0.2) is 11.6 Å². The molecule has 2 fully saturated rings. The molecule has 47 heavy (non-hydrogen) atoms. The first kappa shape index (κ1) is 33.1. The maximum Gasteiger partial charge on any atom is 0.257 e. The van der Waals surface area contributed by atoms with Gasteiger partial charge in [-0.15, -0.1) is 0 Å². The Morgan fingerprint density at radius 3 is 2.60 bits per heavy atom. The highest BCUT2D eigenvalue weighted by Gasteiger charge is 2.30. The number of nitrogens with zero attached hydrogens (tertiary/aromatic N) is 7. The predicted octanol–water partition coefficient (Wildman–Crippen LogP) is 5.56. The minimum atomic E-state index is -0.493. The molecule has 11 heteroatoms. The monoisotopic (exact) mass is 645 g/mol. The average Bonchev–Trinajstić information content (AvgIpc) is 3.06. The Morgan fingerprint density at radius 1 is 1.04 bits per heavy atom. The Labute approximate surface area is 277 Å². The van der Waals surface area contributed by atoms with Crippen LogP contribution in [0, 0.1) is 5.82 Å². The lowest BCUT2D eigenvalue weighted by Crippen LogP contribution is -2.49. The average molecular weight is 646 g/mol. The van der Waals surface area contributed by atoms with E-state index in [2.05, 4.69) is 31.6 Å². The summed E-state index contributed by atoms with van der Waals surface area (Å²) >= 11 is 0. The van der Waals surface area contributed by atoms with Crippen LogP contribution in [0.4, 0.5) is 10.2 Å². The van der Waals surface area contributed by atoms with Gasteiger partial charge < -0.3 is 24.2 Å². The summed E-state index contributed by atoms with van der Waals surface area (Å²) < 4.78 is 27.3. The molecule has 0 radical (unpaired) electrons. The lowest BCUT2D eigenvalue weighted by Gasteiger charge is -2.41. The zero-order valence-electron chi connectivity index (χ0n) is 28.2. The van der Waals surface area contributed by atoms with E-state index in [0.29, 0.717) is 18.1 Å². The maximum absolute atomic E-state index is 14.3. The number of fused-ring (bicyclic) bond motifs is 1. The highest BCUT2D eigenvalue weighted by molar-refractivity contribution is 5.97. The van der Waals surface area contributed by atoms with Crippen LogP contribution in [-0.2, 0) is 13.0 Å². The summed E-state index contributed by atoms with van der Waals surface area (Å²) in [6.07, 6.45) is 10.2. The van der Waals surface area contributed by atoms with Gasteiger partial charge in [-0.3, -0.25) is 14.7 Å². The molecule has 0 saturated carbocycles. The first-order valence-electron chi connectivity index (χ1n) is 17.3. The van der Waals surface area contributed by atoms with Crippen molar-refractivity contribution in [1.82, 2.24) is 29.7 Å². The largest absolute Gasteiger partial charge is 0.490 e. The number of hydrogen-bond acceptors (Lipinski definition) is 9. The van der Waals surface area contributed by atoms with E-state index in [0.717, 1.165) is 76.0 Å². The second-order valence-electron chi connectivity index (χ2n) is 13.1. The van der Waals surface area contributed by atoms with Gasteiger partial charge in [0.2, 0.25) is 0 Å². The second kappa shape index (κ2) is 14.9. The molecular formula is C36H48FN7O3. The normalized spacial score (nSPS) is 18.9. The molecule has 0 spiro atoms. The van der Waals surface area contributed by atoms with Gasteiger partial charge in [0.25, 0.3) is 5.91 Å². The summed E-state index contributed by atoms with van der Waals surface area (Å²) in [5.74, 6) is 1.52. The fourth-order valence-electron chi connectivity index (χ4n) is 7.10. The minimum absolute atomic E-state index is 0.0386. The molecule has 0 aliphatic carbocycles. The molecule has 5 heterocycles. The number of hydrogen-bond donors (Lipinski definition) is 0. The van der Waals surface area contributed by atoms with Crippen LogP contribution < -0.4 is 14.4 Å². The number of anilines is 1. The third-order valence-electron chi connectivity index (χ3n) is 9.91. The van der Waals surface area contributed by atoms with Crippen molar-refractivity contribution in [2.24, 2.45) is 0 Å². The molecule has 2 aromatic heterocycles. The standard InChI is InChI=1S/C36H48FN7O3/c1-5-42-18-11-27(42)10-16-41-17-14-31-30(23-41)33(9-15-39-31)46-28-12-19-43(20-13-28)35-34(22-38-24-40-35)47-32-8-7-26(37)21-29(32)36(45)44(6-2)25(3)4/h7-9,15,21-22,24-25,27-28H,5-6,10-14,16-20,23H2,1-4H3/t27-/m0/s1. The van der Waals surface area contributed by atoms with Crippen molar-refractivity contribution in [1.29, 1.82) is 0 Å². The molecule has 3 aliphatic heterocycles. The van der Waals surface area contributed by atoms with E-state index in [1.165, 1.54) is 49.5 Å². The zero-order valence-corrected chi connectivity index (χ0v) is 28.2. The van der Waals surface area contributed by atoms with Crippen LogP contribution in [0.25, 0.3) is 0 Å². The van der Waals surface area contributed by atoms with Crippen molar-refractivity contribution in [2.75, 3.05) is 50.7 Å². The summed E-state index contributed by atoms with van der Waals surface area (Å²) in [7, 11) is 0. The fraction of sp³-hybridized carbons (Fsp3) is 0.556. The van der Waals surface area contributed by atoms with Crippen LogP contribution >= 0.6 is 0 Å². The SMILES string of the molecule is CCN(C(=O)c1cc(F)ccc1Oc1cncnc1N1CCC(Oc2ccnc3c2CN(CC[C@H]2CCN2CC)CC3)CC1)C(C)C. The third-order valence-corrected chi connectivity index (χ3v) is 9.91. The first-order valence-corrected chi connectivity index (χ1v) is 17.3. The second-order valence-corrected chi connectivity index (χ2v) is 13.1. The van der Waals surface area contributed by atoms with Crippen molar-refractivity contribution in [2.45, 2.75) is 84.5 Å². The maximum atomic E-state index is 14.3. The number of likely N-dealkylation sites (tertiary alicyclic amines) is 1. The minimum Gasteiger partial charge on any atom is -0.490 e. The zero-order chi connectivity index (χ0) is 32.9. The van der Waals surface area contributed by atoms with E-state index in [-0.39, 0.29) is 29.4 Å². The molecule has 6 rings (SSSR count). The molecule has 0 N–H and O–H groups in total. The van der Waals surface area contributed by atoms with Crippen LogP contribution in [-0.4, -0.2) is 99.6 Å². The van der Waals surface area contributed by atoms with Gasteiger partial charge >= 0.3 is 0 Å². The van der Waals surface area contributed by atoms with E-state index in [1.807, 2.05) is 33.0 Å². The number of piperidine rings is 1. The van der Waals surface area contributed by atoms with Crippen LogP contribution in [0.15, 0.2) is 43.0 Å². The number of benzene rings is 1. The number of carbonyl (C=O) groups excluding carboxylic acids is 1. The molecule has 10 nitrogen and oxygen atoms in total. The summed E-state index contributed by atoms with van der Waals surface area (Å²) in [5, 5.41) is 0. The molecule has 3 aliphatic rings. The number of aromatic nitrogens is 3. The Morgan fingerprint density at radius 2 is 1.87 bits per heavy atom. The van der Waals surface area contributed by atoms with Gasteiger partial charge in [0, 0.05) is 81.5 Å². The summed E-state index contributed by atoms with van der Waals surface area (Å²) in [6, 6.07) is 6.75. The van der Waals surface area contributed by atoms with Crippen molar-refractivity contribution in [3.63, 3.8) is 0 Å². The Balaban J connectivity index is 1.09. The van der Waals surface area contributed by atoms with Gasteiger partial charge in [-0.25, -0.2) is 14.4 Å². The van der Waals surface area contributed by atoms with E-state index < -0.39 is 5.82 Å². The van der Waals surface area contributed by atoms with Crippen molar-refractivity contribution in [3.8, 4) is 17.2 Å². The van der Waals surface area contributed by atoms with Gasteiger partial charge in [0.1, 0.15) is 29.7 Å². The van der Waals surface area contributed by atoms with E-state index in [4.69, 9.17) is 14.5 Å². The molecule has 1 atom stereocenters. The highest BCUT2D eigenvalue weighted by atomic mass is 19.1. The number of halogens is 1. The quantitative estimate of drug-likeness (QED) is 0.251. The Bertz CT molecular complexity index is 1530. The van der Waals surface area contributed by atoms with E-state index >= 15 is 0 Å². The summed E-state index contributed by atoms with van der Waals surface area (Å²) in [6.45, 7) is 15.4. The molecule has 1 aromatic carbocycles. The van der Waals surface area contributed by atoms with Crippen LogP contribution in [0.3, 0.4) is 0 Å². The van der Waals surface area contributed by atoms with Gasteiger partial charge in [-0.2, -0.15) is 0 Å². The van der Waals surface area contributed by atoms with Crippen molar-refractivity contribution >= 4 is 11.7 Å². The fourth-order valence-corrected chi connectivity index (χ4v) is 7.10. The molecule has 0 bridgehead atoms. The molecule has 0 unspecified atom stereocenters. The molecular weight excluding hydrogens is 597 g/mol. The lowest BCUT2D eigenvalue weighted by molar-refractivity contribution is 0.0713. The topological polar surface area (TPSA) is 87.2 Å². The Hall–Kier alpha value is -3.83. The van der Waals surface area contributed by atoms with Gasteiger partial charge in [-0.1, -0.05) is 6.92 Å². The molecule has 2 saturated heterocycles. The van der Waals surface area contributed by atoms with Crippen molar-refractivity contribution in [3.05, 3.63) is 65.6 Å². The molecule has 3 aromatic rings. The predicted molar refractivity (Wildman–Crippen MR) is 180 cm³/mol.